The maximum Gasteiger partial charge on any atom is 0.275 e. The van der Waals surface area contributed by atoms with Crippen LogP contribution in [0.1, 0.15) is 16.1 Å². The number of aliphatic hydroxyl groups is 1. The van der Waals surface area contributed by atoms with E-state index in [9.17, 15) is 4.79 Å². The second-order valence-corrected chi connectivity index (χ2v) is 4.46. The number of amides is 1. The molecule has 20 heavy (non-hydrogen) atoms. The van der Waals surface area contributed by atoms with Crippen molar-refractivity contribution < 1.29 is 9.90 Å². The Labute approximate surface area is 121 Å². The lowest BCUT2D eigenvalue weighted by atomic mass is 10.1. The number of hydrogen-bond acceptors (Lipinski definition) is 3. The summed E-state index contributed by atoms with van der Waals surface area (Å²) in [5, 5.41) is 11.9. The van der Waals surface area contributed by atoms with Crippen LogP contribution in [0.25, 0.3) is 0 Å². The average molecular weight is 290 g/mol. The highest BCUT2D eigenvalue weighted by atomic mass is 35.5. The molecule has 1 aromatic heterocycles. The molecule has 0 fully saturated rings. The molecule has 0 saturated heterocycles. The Morgan fingerprint density at radius 1 is 1.55 bits per heavy atom. The van der Waals surface area contributed by atoms with E-state index in [1.165, 1.54) is 0 Å². The first kappa shape index (κ1) is 14.1. The van der Waals surface area contributed by atoms with E-state index in [1.54, 1.807) is 42.3 Å². The van der Waals surface area contributed by atoms with E-state index >= 15 is 0 Å². The third-order valence-electron chi connectivity index (χ3n) is 2.47. The monoisotopic (exact) mass is 289 g/mol. The van der Waals surface area contributed by atoms with Gasteiger partial charge in [0.1, 0.15) is 12.3 Å². The molecule has 1 aromatic carbocycles. The maximum atomic E-state index is 12.0. The third kappa shape index (κ3) is 3.38. The second kappa shape index (κ2) is 6.24. The predicted octanol–water partition coefficient (Wildman–Crippen LogP) is 1.67. The minimum atomic E-state index is -0.347. The molecule has 6 heteroatoms. The zero-order chi connectivity index (χ0) is 14.5. The highest BCUT2D eigenvalue weighted by molar-refractivity contribution is 6.31. The summed E-state index contributed by atoms with van der Waals surface area (Å²) < 4.78 is 1.68. The van der Waals surface area contributed by atoms with Gasteiger partial charge in [0, 0.05) is 23.8 Å². The summed E-state index contributed by atoms with van der Waals surface area (Å²) in [6.07, 6.45) is 3.15. The number of aryl methyl sites for hydroxylation is 1. The average Bonchev–Trinajstić information content (AvgIpc) is 2.85. The maximum absolute atomic E-state index is 12.0. The SMILES string of the molecule is Cn1cnc(C(=O)Nc2cc(Cl)ccc2C#CCO)c1. The van der Waals surface area contributed by atoms with Gasteiger partial charge in [-0.2, -0.15) is 0 Å². The fourth-order valence-electron chi connectivity index (χ4n) is 1.58. The normalized spacial score (nSPS) is 9.75. The van der Waals surface area contributed by atoms with Gasteiger partial charge in [0.05, 0.1) is 12.0 Å². The van der Waals surface area contributed by atoms with Crippen LogP contribution < -0.4 is 5.32 Å². The summed E-state index contributed by atoms with van der Waals surface area (Å²) in [7, 11) is 1.78. The highest BCUT2D eigenvalue weighted by Crippen LogP contribution is 2.21. The first-order valence-electron chi connectivity index (χ1n) is 5.79. The molecule has 0 unspecified atom stereocenters. The van der Waals surface area contributed by atoms with Gasteiger partial charge in [-0.25, -0.2) is 4.98 Å². The van der Waals surface area contributed by atoms with Crippen LogP contribution in [-0.4, -0.2) is 27.2 Å². The molecule has 0 aliphatic carbocycles. The quantitative estimate of drug-likeness (QED) is 0.827. The van der Waals surface area contributed by atoms with E-state index in [1.807, 2.05) is 0 Å². The first-order chi connectivity index (χ1) is 9.60. The van der Waals surface area contributed by atoms with Gasteiger partial charge < -0.3 is 15.0 Å². The molecular formula is C14H12ClN3O2. The molecule has 1 amide bonds. The fourth-order valence-corrected chi connectivity index (χ4v) is 1.75. The zero-order valence-electron chi connectivity index (χ0n) is 10.7. The number of halogens is 1. The number of carbonyl (C=O) groups excluding carboxylic acids is 1. The summed E-state index contributed by atoms with van der Waals surface area (Å²) in [6.45, 7) is -0.254. The Balaban J connectivity index is 2.28. The van der Waals surface area contributed by atoms with E-state index in [4.69, 9.17) is 16.7 Å². The number of nitrogens with one attached hydrogen (secondary N) is 1. The number of hydrogen-bond donors (Lipinski definition) is 2. The van der Waals surface area contributed by atoms with Crippen molar-refractivity contribution in [1.82, 2.24) is 9.55 Å². The molecule has 0 spiro atoms. The molecule has 1 heterocycles. The minimum Gasteiger partial charge on any atom is -0.384 e. The largest absolute Gasteiger partial charge is 0.384 e. The molecule has 5 nitrogen and oxygen atoms in total. The van der Waals surface area contributed by atoms with Gasteiger partial charge in [-0.1, -0.05) is 23.4 Å². The lowest BCUT2D eigenvalue weighted by molar-refractivity contribution is 0.102. The molecule has 0 radical (unpaired) electrons. The van der Waals surface area contributed by atoms with Crippen molar-refractivity contribution in [3.05, 3.63) is 47.0 Å². The predicted molar refractivity (Wildman–Crippen MR) is 76.6 cm³/mol. The molecule has 0 atom stereocenters. The topological polar surface area (TPSA) is 67.2 Å². The molecule has 2 N–H and O–H groups in total. The number of anilines is 1. The zero-order valence-corrected chi connectivity index (χ0v) is 11.5. The van der Waals surface area contributed by atoms with Crippen LogP contribution in [0.5, 0.6) is 0 Å². The van der Waals surface area contributed by atoms with Crippen LogP contribution in [0.4, 0.5) is 5.69 Å². The Morgan fingerprint density at radius 2 is 2.35 bits per heavy atom. The number of carbonyl (C=O) groups is 1. The number of rotatable bonds is 2. The van der Waals surface area contributed by atoms with E-state index in [0.717, 1.165) is 0 Å². The summed E-state index contributed by atoms with van der Waals surface area (Å²) in [4.78, 5) is 16.0. The smallest absolute Gasteiger partial charge is 0.275 e. The Bertz CT molecular complexity index is 698. The first-order valence-corrected chi connectivity index (χ1v) is 6.16. The number of nitrogens with zero attached hydrogens (tertiary/aromatic N) is 2. The van der Waals surface area contributed by atoms with Crippen molar-refractivity contribution in [3.8, 4) is 11.8 Å². The molecule has 0 saturated carbocycles. The lowest BCUT2D eigenvalue weighted by Gasteiger charge is -2.06. The van der Waals surface area contributed by atoms with Gasteiger partial charge in [-0.05, 0) is 18.2 Å². The van der Waals surface area contributed by atoms with Crippen LogP contribution in [-0.2, 0) is 7.05 Å². The number of aliphatic hydroxyl groups excluding tert-OH is 1. The van der Waals surface area contributed by atoms with E-state index in [0.29, 0.717) is 22.0 Å². The van der Waals surface area contributed by atoms with Gasteiger partial charge >= 0.3 is 0 Å². The Kier molecular flexibility index (Phi) is 4.41. The van der Waals surface area contributed by atoms with Crippen molar-refractivity contribution in [2.75, 3.05) is 11.9 Å². The lowest BCUT2D eigenvalue weighted by Crippen LogP contribution is -2.13. The number of benzene rings is 1. The molecule has 0 aliphatic heterocycles. The molecule has 0 bridgehead atoms. The summed E-state index contributed by atoms with van der Waals surface area (Å²) in [5.74, 6) is 4.94. The van der Waals surface area contributed by atoms with Crippen molar-refractivity contribution in [2.24, 2.45) is 7.05 Å². The molecule has 2 aromatic rings. The molecule has 2 rings (SSSR count). The molecule has 0 aliphatic rings. The van der Waals surface area contributed by atoms with Gasteiger partial charge in [0.25, 0.3) is 5.91 Å². The molecular weight excluding hydrogens is 278 g/mol. The van der Waals surface area contributed by atoms with Crippen LogP contribution in [0.2, 0.25) is 5.02 Å². The standard InChI is InChI=1S/C14H12ClN3O2/c1-18-8-13(16-9-18)14(20)17-12-7-11(15)5-4-10(12)3-2-6-19/h4-5,7-9,19H,6H2,1H3,(H,17,20). The van der Waals surface area contributed by atoms with Gasteiger partial charge in [-0.3, -0.25) is 4.79 Å². The van der Waals surface area contributed by atoms with Crippen molar-refractivity contribution >= 4 is 23.2 Å². The Hall–Kier alpha value is -2.29. The van der Waals surface area contributed by atoms with Crippen LogP contribution in [0.3, 0.4) is 0 Å². The summed E-state index contributed by atoms with van der Waals surface area (Å²) in [5.41, 5.74) is 1.36. The van der Waals surface area contributed by atoms with Gasteiger partial charge in [0.15, 0.2) is 0 Å². The van der Waals surface area contributed by atoms with E-state index in [-0.39, 0.29) is 12.5 Å². The van der Waals surface area contributed by atoms with E-state index < -0.39 is 0 Å². The summed E-state index contributed by atoms with van der Waals surface area (Å²) in [6, 6.07) is 4.95. The fraction of sp³-hybridized carbons (Fsp3) is 0.143. The van der Waals surface area contributed by atoms with Gasteiger partial charge in [-0.15, -0.1) is 0 Å². The number of imidazole rings is 1. The Morgan fingerprint density at radius 3 is 3.00 bits per heavy atom. The van der Waals surface area contributed by atoms with Crippen molar-refractivity contribution in [2.45, 2.75) is 0 Å². The van der Waals surface area contributed by atoms with Gasteiger partial charge in [0.2, 0.25) is 0 Å². The number of aromatic nitrogens is 2. The van der Waals surface area contributed by atoms with Crippen LogP contribution in [0, 0.1) is 11.8 Å². The van der Waals surface area contributed by atoms with Crippen LogP contribution >= 0.6 is 11.6 Å². The highest BCUT2D eigenvalue weighted by Gasteiger charge is 2.11. The third-order valence-corrected chi connectivity index (χ3v) is 2.70. The van der Waals surface area contributed by atoms with Crippen molar-refractivity contribution in [3.63, 3.8) is 0 Å². The van der Waals surface area contributed by atoms with Crippen molar-refractivity contribution in [1.29, 1.82) is 0 Å². The minimum absolute atomic E-state index is 0.254. The van der Waals surface area contributed by atoms with Crippen LogP contribution in [0.15, 0.2) is 30.7 Å². The summed E-state index contributed by atoms with van der Waals surface area (Å²) >= 11 is 5.92. The van der Waals surface area contributed by atoms with E-state index in [2.05, 4.69) is 22.1 Å². The molecule has 102 valence electrons. The second-order valence-electron chi connectivity index (χ2n) is 4.03.